The minimum Gasteiger partial charge on any atom is -0.373 e. The summed E-state index contributed by atoms with van der Waals surface area (Å²) in [4.78, 5) is 6.17. The second-order valence-corrected chi connectivity index (χ2v) is 9.51. The first-order chi connectivity index (χ1) is 12.6. The predicted octanol–water partition coefficient (Wildman–Crippen LogP) is 1.12. The lowest BCUT2D eigenvalue weighted by molar-refractivity contribution is -0.0440. The number of ether oxygens (including phenoxy) is 1. The van der Waals surface area contributed by atoms with Crippen molar-refractivity contribution < 1.29 is 13.2 Å². The summed E-state index contributed by atoms with van der Waals surface area (Å²) < 4.78 is 34.3. The van der Waals surface area contributed by atoms with Crippen molar-refractivity contribution in [1.82, 2.24) is 19.1 Å². The maximum atomic E-state index is 12.6. The van der Waals surface area contributed by atoms with Crippen molar-refractivity contribution in [3.63, 3.8) is 0 Å². The standard InChI is InChI=1S/C17H30ClN5O3S/c1-13-9-23(10-14(2)26-13)27(24,25)7-6-20-17(19-3)22(5)12-16-8-15(18)11-21(16)4/h8,11,13-14H,6-7,9-10,12H2,1-5H3,(H,19,20). The number of nitrogens with zero attached hydrogens (tertiary/aromatic N) is 4. The van der Waals surface area contributed by atoms with Crippen LogP contribution < -0.4 is 5.32 Å². The van der Waals surface area contributed by atoms with Crippen molar-refractivity contribution in [2.75, 3.05) is 39.5 Å². The summed E-state index contributed by atoms with van der Waals surface area (Å²) in [6, 6.07) is 1.90. The number of halogens is 1. The topological polar surface area (TPSA) is 79.2 Å². The number of morpholine rings is 1. The molecule has 2 rings (SSSR count). The summed E-state index contributed by atoms with van der Waals surface area (Å²) in [7, 11) is 2.16. The van der Waals surface area contributed by atoms with Crippen LogP contribution in [0.4, 0.5) is 0 Å². The zero-order valence-electron chi connectivity index (χ0n) is 16.6. The minimum absolute atomic E-state index is 0.00921. The van der Waals surface area contributed by atoms with E-state index in [4.69, 9.17) is 16.3 Å². The van der Waals surface area contributed by atoms with Gasteiger partial charge in [0.05, 0.1) is 29.5 Å². The van der Waals surface area contributed by atoms with Crippen LogP contribution in [-0.2, 0) is 28.4 Å². The minimum atomic E-state index is -3.35. The summed E-state index contributed by atoms with van der Waals surface area (Å²) >= 11 is 6.03. The summed E-state index contributed by atoms with van der Waals surface area (Å²) in [5.74, 6) is 0.640. The average Bonchev–Trinajstić information content (AvgIpc) is 2.87. The van der Waals surface area contributed by atoms with Crippen molar-refractivity contribution in [2.45, 2.75) is 32.6 Å². The molecule has 1 saturated heterocycles. The van der Waals surface area contributed by atoms with Crippen molar-refractivity contribution >= 4 is 27.6 Å². The van der Waals surface area contributed by atoms with E-state index in [-0.39, 0.29) is 24.5 Å². The highest BCUT2D eigenvalue weighted by Gasteiger charge is 2.30. The molecular formula is C17H30ClN5O3S. The number of hydrogen-bond acceptors (Lipinski definition) is 4. The highest BCUT2D eigenvalue weighted by molar-refractivity contribution is 7.89. The second kappa shape index (κ2) is 9.27. The molecule has 2 heterocycles. The van der Waals surface area contributed by atoms with Gasteiger partial charge in [0, 0.05) is 52.7 Å². The van der Waals surface area contributed by atoms with Gasteiger partial charge in [-0.15, -0.1) is 0 Å². The zero-order valence-corrected chi connectivity index (χ0v) is 18.2. The van der Waals surface area contributed by atoms with Gasteiger partial charge in [0.25, 0.3) is 0 Å². The molecule has 1 fully saturated rings. The van der Waals surface area contributed by atoms with E-state index in [9.17, 15) is 8.42 Å². The maximum Gasteiger partial charge on any atom is 0.216 e. The summed E-state index contributed by atoms with van der Waals surface area (Å²) in [5.41, 5.74) is 1.04. The maximum absolute atomic E-state index is 12.6. The Morgan fingerprint density at radius 2 is 2.04 bits per heavy atom. The van der Waals surface area contributed by atoms with Crippen molar-refractivity contribution in [2.24, 2.45) is 12.0 Å². The third-order valence-corrected chi connectivity index (χ3v) is 6.48. The Morgan fingerprint density at radius 3 is 2.56 bits per heavy atom. The Balaban J connectivity index is 1.89. The molecule has 10 heteroatoms. The first-order valence-electron chi connectivity index (χ1n) is 8.98. The number of aliphatic imine (C=N–C) groups is 1. The van der Waals surface area contributed by atoms with Crippen LogP contribution in [0.15, 0.2) is 17.3 Å². The van der Waals surface area contributed by atoms with Crippen LogP contribution in [0.5, 0.6) is 0 Å². The highest BCUT2D eigenvalue weighted by atomic mass is 35.5. The van der Waals surface area contributed by atoms with E-state index < -0.39 is 10.0 Å². The molecule has 1 aromatic rings. The number of nitrogens with one attached hydrogen (secondary N) is 1. The molecule has 8 nitrogen and oxygen atoms in total. The third kappa shape index (κ3) is 6.10. The Morgan fingerprint density at radius 1 is 1.41 bits per heavy atom. The quantitative estimate of drug-likeness (QED) is 0.552. The lowest BCUT2D eigenvalue weighted by Crippen LogP contribution is -2.50. The number of hydrogen-bond donors (Lipinski definition) is 1. The van der Waals surface area contributed by atoms with Crippen molar-refractivity contribution in [1.29, 1.82) is 0 Å². The number of aryl methyl sites for hydroxylation is 1. The second-order valence-electron chi connectivity index (χ2n) is 6.98. The molecular weight excluding hydrogens is 390 g/mol. The molecule has 2 atom stereocenters. The molecule has 0 amide bonds. The van der Waals surface area contributed by atoms with Crippen LogP contribution in [0.25, 0.3) is 0 Å². The normalized spacial score (nSPS) is 22.1. The molecule has 0 bridgehead atoms. The van der Waals surface area contributed by atoms with Gasteiger partial charge in [-0.3, -0.25) is 4.99 Å². The third-order valence-electron chi connectivity index (χ3n) is 4.47. The van der Waals surface area contributed by atoms with E-state index in [0.29, 0.717) is 30.6 Å². The van der Waals surface area contributed by atoms with Crippen LogP contribution in [0.3, 0.4) is 0 Å². The van der Waals surface area contributed by atoms with Gasteiger partial charge in [-0.25, -0.2) is 8.42 Å². The van der Waals surface area contributed by atoms with E-state index in [2.05, 4.69) is 10.3 Å². The van der Waals surface area contributed by atoms with Gasteiger partial charge in [-0.2, -0.15) is 4.31 Å². The number of rotatable bonds is 6. The van der Waals surface area contributed by atoms with E-state index in [0.717, 1.165) is 5.69 Å². The molecule has 1 aromatic heterocycles. The van der Waals surface area contributed by atoms with Gasteiger partial charge < -0.3 is 19.5 Å². The van der Waals surface area contributed by atoms with Gasteiger partial charge in [-0.05, 0) is 19.9 Å². The smallest absolute Gasteiger partial charge is 0.216 e. The largest absolute Gasteiger partial charge is 0.373 e. The molecule has 0 spiro atoms. The molecule has 154 valence electrons. The van der Waals surface area contributed by atoms with Crippen LogP contribution in [0.1, 0.15) is 19.5 Å². The van der Waals surface area contributed by atoms with E-state index in [1.165, 1.54) is 4.31 Å². The molecule has 0 radical (unpaired) electrons. The fourth-order valence-corrected chi connectivity index (χ4v) is 4.97. The number of guanidine groups is 1. The highest BCUT2D eigenvalue weighted by Crippen LogP contribution is 2.15. The lowest BCUT2D eigenvalue weighted by Gasteiger charge is -2.34. The van der Waals surface area contributed by atoms with Gasteiger partial charge in [0.1, 0.15) is 0 Å². The zero-order chi connectivity index (χ0) is 20.2. The molecule has 1 aliphatic heterocycles. The Hall–Kier alpha value is -1.29. The van der Waals surface area contributed by atoms with E-state index in [1.54, 1.807) is 7.05 Å². The molecule has 0 aliphatic carbocycles. The summed E-state index contributed by atoms with van der Waals surface area (Å²) in [6.07, 6.45) is 1.66. The molecule has 0 saturated carbocycles. The van der Waals surface area contributed by atoms with Crippen molar-refractivity contribution in [3.05, 3.63) is 23.0 Å². The van der Waals surface area contributed by atoms with Crippen molar-refractivity contribution in [3.8, 4) is 0 Å². The van der Waals surface area contributed by atoms with Gasteiger partial charge in [-0.1, -0.05) is 11.6 Å². The first kappa shape index (κ1) is 22.0. The molecule has 0 aromatic carbocycles. The average molecular weight is 420 g/mol. The Labute approximate surface area is 167 Å². The van der Waals surface area contributed by atoms with Crippen LogP contribution in [0.2, 0.25) is 5.02 Å². The number of sulfonamides is 1. The lowest BCUT2D eigenvalue weighted by atomic mass is 10.3. The van der Waals surface area contributed by atoms with Crippen LogP contribution in [-0.4, -0.2) is 79.8 Å². The number of aromatic nitrogens is 1. The molecule has 27 heavy (non-hydrogen) atoms. The Bertz CT molecular complexity index is 755. The van der Waals surface area contributed by atoms with Gasteiger partial charge in [0.15, 0.2) is 5.96 Å². The monoisotopic (exact) mass is 419 g/mol. The van der Waals surface area contributed by atoms with Crippen LogP contribution >= 0.6 is 11.6 Å². The molecule has 1 aliphatic rings. The van der Waals surface area contributed by atoms with Crippen LogP contribution in [0, 0.1) is 0 Å². The molecule has 1 N–H and O–H groups in total. The summed E-state index contributed by atoms with van der Waals surface area (Å²) in [5, 5.41) is 3.81. The fourth-order valence-electron chi connectivity index (χ4n) is 3.20. The summed E-state index contributed by atoms with van der Waals surface area (Å²) in [6.45, 7) is 5.47. The van der Waals surface area contributed by atoms with E-state index >= 15 is 0 Å². The van der Waals surface area contributed by atoms with E-state index in [1.807, 2.05) is 49.7 Å². The SMILES string of the molecule is CN=C(NCCS(=O)(=O)N1CC(C)OC(C)C1)N(C)Cc1cc(Cl)cn1C. The van der Waals surface area contributed by atoms with Gasteiger partial charge in [0.2, 0.25) is 10.0 Å². The Kier molecular flexibility index (Phi) is 7.55. The van der Waals surface area contributed by atoms with Gasteiger partial charge >= 0.3 is 0 Å². The fraction of sp³-hybridized carbons (Fsp3) is 0.706. The molecule has 2 unspecified atom stereocenters. The predicted molar refractivity (Wildman–Crippen MR) is 109 cm³/mol. The first-order valence-corrected chi connectivity index (χ1v) is 11.0.